The molecule has 0 amide bonds. The maximum absolute atomic E-state index is 5.96. The molecule has 0 saturated carbocycles. The van der Waals surface area contributed by atoms with Crippen LogP contribution in [-0.4, -0.2) is 55.3 Å². The van der Waals surface area contributed by atoms with Crippen LogP contribution < -0.4 is 5.32 Å². The first-order valence-corrected chi connectivity index (χ1v) is 6.99. The number of ether oxygens (including phenoxy) is 1. The molecule has 0 atom stereocenters. The molecule has 5 nitrogen and oxygen atoms in total. The molecule has 1 aromatic heterocycles. The summed E-state index contributed by atoms with van der Waals surface area (Å²) >= 11 is 5.96. The van der Waals surface area contributed by atoms with E-state index in [1.54, 1.807) is 6.07 Å². The average molecular weight is 287 g/mol. The summed E-state index contributed by atoms with van der Waals surface area (Å²) in [4.78, 5) is 10.7. The molecule has 0 aromatic carbocycles. The standard InChI is InChI=1S/C13H23ClN4O/c1-4-5-12-16-11(14)10-13(17-12)15-6-8-19-9-7-18(2)3/h10H,4-9H2,1-3H3,(H,15,16,17). The van der Waals surface area contributed by atoms with Crippen LogP contribution in [0.1, 0.15) is 19.2 Å². The number of nitrogens with zero attached hydrogens (tertiary/aromatic N) is 3. The van der Waals surface area contributed by atoms with E-state index in [2.05, 4.69) is 27.1 Å². The van der Waals surface area contributed by atoms with Crippen LogP contribution in [0.3, 0.4) is 0 Å². The van der Waals surface area contributed by atoms with Gasteiger partial charge in [-0.25, -0.2) is 9.97 Å². The summed E-state index contributed by atoms with van der Waals surface area (Å²) in [6, 6.07) is 1.74. The molecule has 19 heavy (non-hydrogen) atoms. The van der Waals surface area contributed by atoms with E-state index in [0.29, 0.717) is 18.3 Å². The van der Waals surface area contributed by atoms with Crippen molar-refractivity contribution in [1.29, 1.82) is 0 Å². The Hall–Kier alpha value is -0.910. The minimum absolute atomic E-state index is 0.481. The molecule has 1 aromatic rings. The Kier molecular flexibility index (Phi) is 7.70. The second-order valence-electron chi connectivity index (χ2n) is 4.58. The Bertz CT molecular complexity index is 374. The van der Waals surface area contributed by atoms with Crippen LogP contribution in [0, 0.1) is 0 Å². The summed E-state index contributed by atoms with van der Waals surface area (Å²) in [7, 11) is 4.06. The van der Waals surface area contributed by atoms with Gasteiger partial charge in [-0.05, 0) is 20.5 Å². The van der Waals surface area contributed by atoms with Gasteiger partial charge in [0.15, 0.2) is 0 Å². The van der Waals surface area contributed by atoms with Crippen molar-refractivity contribution < 1.29 is 4.74 Å². The van der Waals surface area contributed by atoms with E-state index in [-0.39, 0.29) is 0 Å². The molecule has 1 N–H and O–H groups in total. The molecule has 108 valence electrons. The zero-order valence-corrected chi connectivity index (χ0v) is 12.7. The lowest BCUT2D eigenvalue weighted by molar-refractivity contribution is 0.126. The molecule has 1 heterocycles. The number of halogens is 1. The van der Waals surface area contributed by atoms with Crippen LogP contribution in [0.25, 0.3) is 0 Å². The molecule has 0 radical (unpaired) electrons. The van der Waals surface area contributed by atoms with Gasteiger partial charge in [0.2, 0.25) is 0 Å². The maximum Gasteiger partial charge on any atom is 0.134 e. The van der Waals surface area contributed by atoms with Crippen molar-refractivity contribution in [2.75, 3.05) is 45.7 Å². The third-order valence-electron chi connectivity index (χ3n) is 2.45. The number of rotatable bonds is 9. The van der Waals surface area contributed by atoms with Crippen molar-refractivity contribution >= 4 is 17.4 Å². The SMILES string of the molecule is CCCc1nc(Cl)cc(NCCOCCN(C)C)n1. The molecule has 0 aliphatic heterocycles. The molecule has 0 aliphatic carbocycles. The number of hydrogen-bond donors (Lipinski definition) is 1. The zero-order chi connectivity index (χ0) is 14.1. The van der Waals surface area contributed by atoms with Gasteiger partial charge in [-0.2, -0.15) is 0 Å². The first-order valence-electron chi connectivity index (χ1n) is 6.61. The molecular formula is C13H23ClN4O. The Morgan fingerprint density at radius 2 is 2.11 bits per heavy atom. The fourth-order valence-corrected chi connectivity index (χ4v) is 1.69. The molecule has 0 spiro atoms. The Morgan fingerprint density at radius 3 is 2.79 bits per heavy atom. The number of likely N-dealkylation sites (N-methyl/N-ethyl adjacent to an activating group) is 1. The third-order valence-corrected chi connectivity index (χ3v) is 2.64. The summed E-state index contributed by atoms with van der Waals surface area (Å²) in [5, 5.41) is 3.68. The molecular weight excluding hydrogens is 264 g/mol. The lowest BCUT2D eigenvalue weighted by atomic mass is 10.3. The van der Waals surface area contributed by atoms with Crippen molar-refractivity contribution in [1.82, 2.24) is 14.9 Å². The van der Waals surface area contributed by atoms with Crippen LogP contribution in [0.15, 0.2) is 6.07 Å². The number of anilines is 1. The van der Waals surface area contributed by atoms with Crippen molar-refractivity contribution in [3.63, 3.8) is 0 Å². The molecule has 0 unspecified atom stereocenters. The number of aryl methyl sites for hydroxylation is 1. The predicted molar refractivity (Wildman–Crippen MR) is 78.9 cm³/mol. The highest BCUT2D eigenvalue weighted by atomic mass is 35.5. The van der Waals surface area contributed by atoms with E-state index >= 15 is 0 Å². The lowest BCUT2D eigenvalue weighted by Gasteiger charge is -2.11. The van der Waals surface area contributed by atoms with E-state index in [0.717, 1.165) is 37.6 Å². The van der Waals surface area contributed by atoms with Gasteiger partial charge in [-0.3, -0.25) is 0 Å². The predicted octanol–water partition coefficient (Wildman–Crippen LogP) is 2.07. The highest BCUT2D eigenvalue weighted by Crippen LogP contribution is 2.12. The monoisotopic (exact) mass is 286 g/mol. The Balaban J connectivity index is 2.28. The van der Waals surface area contributed by atoms with Gasteiger partial charge in [0, 0.05) is 25.6 Å². The number of hydrogen-bond acceptors (Lipinski definition) is 5. The van der Waals surface area contributed by atoms with Crippen LogP contribution >= 0.6 is 11.6 Å². The fraction of sp³-hybridized carbons (Fsp3) is 0.692. The lowest BCUT2D eigenvalue weighted by Crippen LogP contribution is -2.20. The Labute approximate surface area is 120 Å². The van der Waals surface area contributed by atoms with Crippen LogP contribution in [0.2, 0.25) is 5.15 Å². The van der Waals surface area contributed by atoms with E-state index in [4.69, 9.17) is 16.3 Å². The summed E-state index contributed by atoms with van der Waals surface area (Å²) in [5.74, 6) is 1.55. The van der Waals surface area contributed by atoms with Crippen LogP contribution in [-0.2, 0) is 11.2 Å². The average Bonchev–Trinajstić information content (AvgIpc) is 2.33. The Morgan fingerprint density at radius 1 is 1.32 bits per heavy atom. The van der Waals surface area contributed by atoms with Crippen LogP contribution in [0.4, 0.5) is 5.82 Å². The van der Waals surface area contributed by atoms with Crippen molar-refractivity contribution in [2.24, 2.45) is 0 Å². The van der Waals surface area contributed by atoms with E-state index in [9.17, 15) is 0 Å². The first-order chi connectivity index (χ1) is 9.11. The summed E-state index contributed by atoms with van der Waals surface area (Å²) in [5.41, 5.74) is 0. The second-order valence-corrected chi connectivity index (χ2v) is 4.97. The highest BCUT2D eigenvalue weighted by Gasteiger charge is 2.02. The van der Waals surface area contributed by atoms with Crippen molar-refractivity contribution in [3.05, 3.63) is 17.0 Å². The summed E-state index contributed by atoms with van der Waals surface area (Å²) in [6.07, 6.45) is 1.85. The van der Waals surface area contributed by atoms with E-state index < -0.39 is 0 Å². The minimum Gasteiger partial charge on any atom is -0.378 e. The highest BCUT2D eigenvalue weighted by molar-refractivity contribution is 6.29. The topological polar surface area (TPSA) is 50.3 Å². The molecule has 0 bridgehead atoms. The van der Waals surface area contributed by atoms with Gasteiger partial charge >= 0.3 is 0 Å². The van der Waals surface area contributed by atoms with Gasteiger partial charge < -0.3 is 15.0 Å². The van der Waals surface area contributed by atoms with Crippen LogP contribution in [0.5, 0.6) is 0 Å². The van der Waals surface area contributed by atoms with Crippen molar-refractivity contribution in [2.45, 2.75) is 19.8 Å². The summed E-state index contributed by atoms with van der Waals surface area (Å²) < 4.78 is 5.49. The fourth-order valence-electron chi connectivity index (χ4n) is 1.49. The van der Waals surface area contributed by atoms with E-state index in [1.165, 1.54) is 0 Å². The largest absolute Gasteiger partial charge is 0.378 e. The minimum atomic E-state index is 0.481. The molecule has 1 rings (SSSR count). The van der Waals surface area contributed by atoms with Gasteiger partial charge in [0.05, 0.1) is 13.2 Å². The third kappa shape index (κ3) is 7.30. The van der Waals surface area contributed by atoms with E-state index in [1.807, 2.05) is 14.1 Å². The molecule has 0 saturated heterocycles. The maximum atomic E-state index is 5.96. The number of aromatic nitrogens is 2. The molecule has 6 heteroatoms. The zero-order valence-electron chi connectivity index (χ0n) is 11.9. The van der Waals surface area contributed by atoms with Gasteiger partial charge in [-0.1, -0.05) is 18.5 Å². The smallest absolute Gasteiger partial charge is 0.134 e. The quantitative estimate of drug-likeness (QED) is 0.556. The number of nitrogens with one attached hydrogen (secondary N) is 1. The van der Waals surface area contributed by atoms with Gasteiger partial charge in [0.1, 0.15) is 16.8 Å². The van der Waals surface area contributed by atoms with Crippen molar-refractivity contribution in [3.8, 4) is 0 Å². The normalized spacial score (nSPS) is 11.0. The molecule has 0 fully saturated rings. The van der Waals surface area contributed by atoms with Gasteiger partial charge in [-0.15, -0.1) is 0 Å². The second kappa shape index (κ2) is 9.07. The molecule has 0 aliphatic rings. The van der Waals surface area contributed by atoms with Gasteiger partial charge in [0.25, 0.3) is 0 Å². The first kappa shape index (κ1) is 16.1. The summed E-state index contributed by atoms with van der Waals surface area (Å²) in [6.45, 7) is 5.13.